The molecule has 0 spiro atoms. The fourth-order valence-corrected chi connectivity index (χ4v) is 2.42. The number of carbonyl (C=O) groups is 1. The average molecular weight is 258 g/mol. The third-order valence-corrected chi connectivity index (χ3v) is 3.69. The van der Waals surface area contributed by atoms with Crippen molar-refractivity contribution in [3.05, 3.63) is 47.6 Å². The molecule has 0 unspecified atom stereocenters. The standard InChI is InChI=1S/C15H18N2O2/c1-4-15(5-2,12-9-7-6-8-10-12)14-16-13(11(3)18)19-17-14/h6-10H,4-5H2,1-3H3. The number of hydrogen-bond donors (Lipinski definition) is 0. The molecule has 4 nitrogen and oxygen atoms in total. The molecule has 0 saturated carbocycles. The smallest absolute Gasteiger partial charge is 0.293 e. The van der Waals surface area contributed by atoms with Crippen LogP contribution in [0.3, 0.4) is 0 Å². The van der Waals surface area contributed by atoms with Crippen molar-refractivity contribution in [2.24, 2.45) is 0 Å². The zero-order valence-corrected chi connectivity index (χ0v) is 11.5. The van der Waals surface area contributed by atoms with E-state index >= 15 is 0 Å². The molecule has 1 aromatic carbocycles. The van der Waals surface area contributed by atoms with Crippen LogP contribution in [0.15, 0.2) is 34.9 Å². The topological polar surface area (TPSA) is 56.0 Å². The predicted molar refractivity (Wildman–Crippen MR) is 72.1 cm³/mol. The Hall–Kier alpha value is -1.97. The van der Waals surface area contributed by atoms with E-state index in [0.29, 0.717) is 5.82 Å². The summed E-state index contributed by atoms with van der Waals surface area (Å²) >= 11 is 0. The Morgan fingerprint density at radius 2 is 1.84 bits per heavy atom. The molecular weight excluding hydrogens is 240 g/mol. The highest BCUT2D eigenvalue weighted by atomic mass is 16.5. The van der Waals surface area contributed by atoms with Gasteiger partial charge in [0.2, 0.25) is 5.78 Å². The van der Waals surface area contributed by atoms with E-state index in [1.165, 1.54) is 6.92 Å². The summed E-state index contributed by atoms with van der Waals surface area (Å²) in [6.07, 6.45) is 1.70. The first kappa shape index (κ1) is 13.5. The number of ketones is 1. The van der Waals surface area contributed by atoms with E-state index in [-0.39, 0.29) is 17.1 Å². The first-order valence-electron chi connectivity index (χ1n) is 6.54. The van der Waals surface area contributed by atoms with Crippen LogP contribution in [0.5, 0.6) is 0 Å². The maximum Gasteiger partial charge on any atom is 0.293 e. The van der Waals surface area contributed by atoms with E-state index in [9.17, 15) is 4.79 Å². The summed E-state index contributed by atoms with van der Waals surface area (Å²) in [4.78, 5) is 15.6. The van der Waals surface area contributed by atoms with Crippen LogP contribution in [-0.2, 0) is 5.41 Å². The van der Waals surface area contributed by atoms with Crippen molar-refractivity contribution in [1.29, 1.82) is 0 Å². The molecule has 0 aliphatic carbocycles. The van der Waals surface area contributed by atoms with E-state index < -0.39 is 0 Å². The van der Waals surface area contributed by atoms with Crippen molar-refractivity contribution >= 4 is 5.78 Å². The number of aromatic nitrogens is 2. The number of benzene rings is 1. The van der Waals surface area contributed by atoms with E-state index in [0.717, 1.165) is 18.4 Å². The Morgan fingerprint density at radius 3 is 2.32 bits per heavy atom. The maximum atomic E-state index is 11.3. The minimum Gasteiger partial charge on any atom is -0.331 e. The van der Waals surface area contributed by atoms with Gasteiger partial charge < -0.3 is 4.52 Å². The van der Waals surface area contributed by atoms with Gasteiger partial charge in [-0.3, -0.25) is 4.79 Å². The molecule has 0 radical (unpaired) electrons. The van der Waals surface area contributed by atoms with Gasteiger partial charge in [0.1, 0.15) is 0 Å². The van der Waals surface area contributed by atoms with Crippen molar-refractivity contribution < 1.29 is 9.32 Å². The molecule has 0 amide bonds. The second kappa shape index (κ2) is 5.34. The Kier molecular flexibility index (Phi) is 3.79. The zero-order chi connectivity index (χ0) is 13.9. The number of carbonyl (C=O) groups excluding carboxylic acids is 1. The number of Topliss-reactive ketones (excluding diaryl/α,β-unsaturated/α-hetero) is 1. The lowest BCUT2D eigenvalue weighted by Crippen LogP contribution is -2.27. The molecule has 0 aliphatic rings. The van der Waals surface area contributed by atoms with Crippen molar-refractivity contribution in [3.8, 4) is 0 Å². The van der Waals surface area contributed by atoms with Gasteiger partial charge in [-0.05, 0) is 18.4 Å². The minimum atomic E-state index is -0.293. The van der Waals surface area contributed by atoms with Crippen molar-refractivity contribution in [3.63, 3.8) is 0 Å². The second-order valence-electron chi connectivity index (χ2n) is 4.63. The molecule has 0 bridgehead atoms. The summed E-state index contributed by atoms with van der Waals surface area (Å²) in [5, 5.41) is 4.02. The van der Waals surface area contributed by atoms with Gasteiger partial charge >= 0.3 is 0 Å². The van der Waals surface area contributed by atoms with Crippen LogP contribution in [0, 0.1) is 0 Å². The van der Waals surface area contributed by atoms with Gasteiger partial charge in [0.25, 0.3) is 5.89 Å². The van der Waals surface area contributed by atoms with E-state index in [4.69, 9.17) is 4.52 Å². The molecule has 2 rings (SSSR count). The van der Waals surface area contributed by atoms with Gasteiger partial charge in [-0.2, -0.15) is 4.98 Å². The van der Waals surface area contributed by atoms with Gasteiger partial charge in [0.05, 0.1) is 5.41 Å². The van der Waals surface area contributed by atoms with Gasteiger partial charge in [-0.25, -0.2) is 0 Å². The number of rotatable bonds is 5. The molecule has 0 fully saturated rings. The second-order valence-corrected chi connectivity index (χ2v) is 4.63. The van der Waals surface area contributed by atoms with Crippen molar-refractivity contribution in [2.75, 3.05) is 0 Å². The summed E-state index contributed by atoms with van der Waals surface area (Å²) in [6.45, 7) is 5.62. The molecule has 1 aromatic heterocycles. The van der Waals surface area contributed by atoms with Crippen molar-refractivity contribution in [1.82, 2.24) is 10.1 Å². The molecule has 0 atom stereocenters. The highest BCUT2D eigenvalue weighted by Gasteiger charge is 2.35. The first-order chi connectivity index (χ1) is 9.14. The molecule has 100 valence electrons. The van der Waals surface area contributed by atoms with Gasteiger partial charge in [0, 0.05) is 6.92 Å². The summed E-state index contributed by atoms with van der Waals surface area (Å²) < 4.78 is 5.05. The number of hydrogen-bond acceptors (Lipinski definition) is 4. The summed E-state index contributed by atoms with van der Waals surface area (Å²) in [6, 6.07) is 10.1. The molecule has 19 heavy (non-hydrogen) atoms. The van der Waals surface area contributed by atoms with Gasteiger partial charge in [-0.1, -0.05) is 49.3 Å². The molecule has 0 aliphatic heterocycles. The van der Waals surface area contributed by atoms with Crippen LogP contribution in [0.2, 0.25) is 0 Å². The van der Waals surface area contributed by atoms with Crippen LogP contribution < -0.4 is 0 Å². The Morgan fingerprint density at radius 1 is 1.21 bits per heavy atom. The van der Waals surface area contributed by atoms with Crippen LogP contribution in [0.25, 0.3) is 0 Å². The van der Waals surface area contributed by atoms with E-state index in [2.05, 4.69) is 36.1 Å². The predicted octanol–water partition coefficient (Wildman–Crippen LogP) is 3.38. The lowest BCUT2D eigenvalue weighted by molar-refractivity contribution is 0.0972. The average Bonchev–Trinajstić information content (AvgIpc) is 2.93. The monoisotopic (exact) mass is 258 g/mol. The Labute approximate surface area is 112 Å². The molecule has 0 saturated heterocycles. The quantitative estimate of drug-likeness (QED) is 0.771. The summed E-state index contributed by atoms with van der Waals surface area (Å²) in [5.41, 5.74) is 0.856. The van der Waals surface area contributed by atoms with Crippen LogP contribution >= 0.6 is 0 Å². The summed E-state index contributed by atoms with van der Waals surface area (Å²) in [5.74, 6) is 0.471. The fraction of sp³-hybridized carbons (Fsp3) is 0.400. The van der Waals surface area contributed by atoms with E-state index in [1.54, 1.807) is 0 Å². The minimum absolute atomic E-state index is 0.0807. The maximum absolute atomic E-state index is 11.3. The highest BCUT2D eigenvalue weighted by Crippen LogP contribution is 2.36. The van der Waals surface area contributed by atoms with Gasteiger partial charge in [-0.15, -0.1) is 0 Å². The Balaban J connectivity index is 2.52. The SMILES string of the molecule is CCC(CC)(c1ccccc1)c1noc(C(C)=O)n1. The normalized spacial score (nSPS) is 11.5. The third kappa shape index (κ3) is 2.30. The molecule has 0 N–H and O–H groups in total. The molecule has 2 aromatic rings. The van der Waals surface area contributed by atoms with Crippen LogP contribution in [0.4, 0.5) is 0 Å². The molecule has 4 heteroatoms. The third-order valence-electron chi connectivity index (χ3n) is 3.69. The molecule has 1 heterocycles. The zero-order valence-electron chi connectivity index (χ0n) is 11.5. The molecular formula is C15H18N2O2. The summed E-state index contributed by atoms with van der Waals surface area (Å²) in [7, 11) is 0. The number of nitrogens with zero attached hydrogens (tertiary/aromatic N) is 2. The fourth-order valence-electron chi connectivity index (χ4n) is 2.42. The van der Waals surface area contributed by atoms with Crippen LogP contribution in [-0.4, -0.2) is 15.9 Å². The van der Waals surface area contributed by atoms with Crippen molar-refractivity contribution in [2.45, 2.75) is 39.0 Å². The van der Waals surface area contributed by atoms with E-state index in [1.807, 2.05) is 18.2 Å². The Bertz CT molecular complexity index is 557. The lowest BCUT2D eigenvalue weighted by Gasteiger charge is -2.28. The van der Waals surface area contributed by atoms with Gasteiger partial charge in [0.15, 0.2) is 5.82 Å². The van der Waals surface area contributed by atoms with Crippen LogP contribution in [0.1, 0.15) is 55.7 Å². The highest BCUT2D eigenvalue weighted by molar-refractivity contribution is 5.89. The first-order valence-corrected chi connectivity index (χ1v) is 6.54. The largest absolute Gasteiger partial charge is 0.331 e. The lowest BCUT2D eigenvalue weighted by atomic mass is 9.75.